The number of anilines is 1. The second kappa shape index (κ2) is 6.87. The van der Waals surface area contributed by atoms with Crippen LogP contribution in [0.25, 0.3) is 0 Å². The van der Waals surface area contributed by atoms with Crippen molar-refractivity contribution in [3.63, 3.8) is 0 Å². The van der Waals surface area contributed by atoms with Crippen LogP contribution in [0.1, 0.15) is 27.9 Å². The Kier molecular flexibility index (Phi) is 4.67. The number of hydrogen-bond donors (Lipinski definition) is 2. The van der Waals surface area contributed by atoms with Crippen molar-refractivity contribution in [3.05, 3.63) is 65.2 Å². The van der Waals surface area contributed by atoms with Gasteiger partial charge >= 0.3 is 0 Å². The monoisotopic (exact) mass is 326 g/mol. The van der Waals surface area contributed by atoms with Crippen LogP contribution >= 0.6 is 11.8 Å². The van der Waals surface area contributed by atoms with E-state index in [1.54, 1.807) is 23.9 Å². The molecule has 1 atom stereocenters. The maximum absolute atomic E-state index is 12.4. The molecule has 3 N–H and O–H groups in total. The molecule has 23 heavy (non-hydrogen) atoms. The van der Waals surface area contributed by atoms with Crippen molar-refractivity contribution in [3.8, 4) is 0 Å². The number of fused-ring (bicyclic) bond motifs is 1. The number of amides is 2. The smallest absolute Gasteiger partial charge is 0.248 e. The Balaban J connectivity index is 1.66. The molecule has 0 radical (unpaired) electrons. The summed E-state index contributed by atoms with van der Waals surface area (Å²) >= 11 is 1.60. The second-order valence-corrected chi connectivity index (χ2v) is 6.74. The van der Waals surface area contributed by atoms with Crippen molar-refractivity contribution in [1.29, 1.82) is 0 Å². The molecule has 2 aromatic carbocycles. The number of carbonyl (C=O) groups is 2. The number of benzene rings is 2. The van der Waals surface area contributed by atoms with Crippen molar-refractivity contribution in [2.45, 2.75) is 23.8 Å². The molecule has 2 amide bonds. The minimum Gasteiger partial charge on any atom is -0.366 e. The molecular weight excluding hydrogens is 308 g/mol. The molecule has 0 fully saturated rings. The lowest BCUT2D eigenvalue weighted by Gasteiger charge is -2.13. The SMILES string of the molecule is NC(=O)c1cccc(CS[C@@H]2CCc3ccccc3NC2=O)c1. The minimum absolute atomic E-state index is 0.0472. The molecule has 4 nitrogen and oxygen atoms in total. The molecule has 0 unspecified atom stereocenters. The van der Waals surface area contributed by atoms with Crippen LogP contribution < -0.4 is 11.1 Å². The fourth-order valence-electron chi connectivity index (χ4n) is 2.66. The molecular formula is C18H18N2O2S. The second-order valence-electron chi connectivity index (χ2n) is 5.55. The first-order valence-electron chi connectivity index (χ1n) is 7.52. The normalized spacial score (nSPS) is 17.0. The highest BCUT2D eigenvalue weighted by Crippen LogP contribution is 2.29. The first-order chi connectivity index (χ1) is 11.1. The van der Waals surface area contributed by atoms with Crippen LogP contribution in [-0.4, -0.2) is 17.1 Å². The predicted octanol–water partition coefficient (Wildman–Crippen LogP) is 2.97. The van der Waals surface area contributed by atoms with Crippen molar-refractivity contribution < 1.29 is 9.59 Å². The molecule has 1 heterocycles. The van der Waals surface area contributed by atoms with E-state index in [1.807, 2.05) is 30.3 Å². The highest BCUT2D eigenvalue weighted by molar-refractivity contribution is 7.99. The summed E-state index contributed by atoms with van der Waals surface area (Å²) in [5.41, 5.74) is 8.90. The molecule has 0 aromatic heterocycles. The van der Waals surface area contributed by atoms with Crippen LogP contribution in [0.2, 0.25) is 0 Å². The van der Waals surface area contributed by atoms with Crippen LogP contribution in [0.4, 0.5) is 5.69 Å². The first kappa shape index (κ1) is 15.6. The fraction of sp³-hybridized carbons (Fsp3) is 0.222. The lowest BCUT2D eigenvalue weighted by Crippen LogP contribution is -2.23. The van der Waals surface area contributed by atoms with Crippen molar-refractivity contribution in [2.24, 2.45) is 5.73 Å². The number of para-hydroxylation sites is 1. The van der Waals surface area contributed by atoms with Gasteiger partial charge in [-0.25, -0.2) is 0 Å². The van der Waals surface area contributed by atoms with Crippen molar-refractivity contribution in [2.75, 3.05) is 5.32 Å². The Bertz CT molecular complexity index is 745. The van der Waals surface area contributed by atoms with Crippen molar-refractivity contribution >= 4 is 29.3 Å². The number of nitrogens with one attached hydrogen (secondary N) is 1. The molecule has 118 valence electrons. The summed E-state index contributed by atoms with van der Waals surface area (Å²) in [7, 11) is 0. The Morgan fingerprint density at radius 3 is 2.87 bits per heavy atom. The zero-order valence-corrected chi connectivity index (χ0v) is 13.4. The van der Waals surface area contributed by atoms with E-state index in [4.69, 9.17) is 5.73 Å². The molecule has 2 aromatic rings. The predicted molar refractivity (Wildman–Crippen MR) is 93.4 cm³/mol. The van der Waals surface area contributed by atoms with Gasteiger partial charge in [-0.1, -0.05) is 30.3 Å². The maximum atomic E-state index is 12.4. The third kappa shape index (κ3) is 3.74. The Labute approximate surface area is 139 Å². The van der Waals surface area contributed by atoms with E-state index in [9.17, 15) is 9.59 Å². The average molecular weight is 326 g/mol. The molecule has 0 saturated carbocycles. The lowest BCUT2D eigenvalue weighted by molar-refractivity contribution is -0.115. The van der Waals surface area contributed by atoms with E-state index >= 15 is 0 Å². The number of hydrogen-bond acceptors (Lipinski definition) is 3. The highest BCUT2D eigenvalue weighted by Gasteiger charge is 2.23. The summed E-state index contributed by atoms with van der Waals surface area (Å²) < 4.78 is 0. The average Bonchev–Trinajstić information content (AvgIpc) is 2.71. The van der Waals surface area contributed by atoms with E-state index in [1.165, 1.54) is 5.56 Å². The molecule has 1 aliphatic heterocycles. The quantitative estimate of drug-likeness (QED) is 0.907. The maximum Gasteiger partial charge on any atom is 0.248 e. The number of carbonyl (C=O) groups excluding carboxylic acids is 2. The summed E-state index contributed by atoms with van der Waals surface area (Å²) in [6.45, 7) is 0. The van der Waals surface area contributed by atoms with Crippen LogP contribution in [0.15, 0.2) is 48.5 Å². The van der Waals surface area contributed by atoms with Gasteiger partial charge in [-0.05, 0) is 42.2 Å². The summed E-state index contributed by atoms with van der Waals surface area (Å²) in [4.78, 5) is 23.6. The summed E-state index contributed by atoms with van der Waals surface area (Å²) in [6.07, 6.45) is 1.69. The van der Waals surface area contributed by atoms with Crippen molar-refractivity contribution in [1.82, 2.24) is 0 Å². The van der Waals surface area contributed by atoms with Gasteiger partial charge in [0, 0.05) is 17.0 Å². The number of rotatable bonds is 4. The third-order valence-electron chi connectivity index (χ3n) is 3.91. The molecule has 0 saturated heterocycles. The largest absolute Gasteiger partial charge is 0.366 e. The highest BCUT2D eigenvalue weighted by atomic mass is 32.2. The van der Waals surface area contributed by atoms with Gasteiger partial charge in [-0.2, -0.15) is 0 Å². The molecule has 1 aliphatic rings. The van der Waals surface area contributed by atoms with Crippen LogP contribution in [0, 0.1) is 0 Å². The topological polar surface area (TPSA) is 72.2 Å². The first-order valence-corrected chi connectivity index (χ1v) is 8.57. The molecule has 0 spiro atoms. The molecule has 3 rings (SSSR count). The van der Waals surface area contributed by atoms with E-state index in [-0.39, 0.29) is 11.2 Å². The van der Waals surface area contributed by atoms with Gasteiger partial charge in [0.05, 0.1) is 5.25 Å². The van der Waals surface area contributed by atoms with Gasteiger partial charge in [0.1, 0.15) is 0 Å². The number of thioether (sulfide) groups is 1. The zero-order chi connectivity index (χ0) is 16.2. The van der Waals surface area contributed by atoms with Gasteiger partial charge in [0.15, 0.2) is 0 Å². The van der Waals surface area contributed by atoms with E-state index in [0.29, 0.717) is 11.3 Å². The summed E-state index contributed by atoms with van der Waals surface area (Å²) in [6, 6.07) is 15.2. The van der Waals surface area contributed by atoms with Crippen LogP contribution in [0.5, 0.6) is 0 Å². The van der Waals surface area contributed by atoms with Gasteiger partial charge in [0.25, 0.3) is 0 Å². The van der Waals surface area contributed by atoms with Gasteiger partial charge in [-0.3, -0.25) is 9.59 Å². The number of aryl methyl sites for hydroxylation is 1. The molecule has 5 heteroatoms. The lowest BCUT2D eigenvalue weighted by atomic mass is 10.1. The fourth-order valence-corrected chi connectivity index (χ4v) is 3.73. The van der Waals surface area contributed by atoms with E-state index < -0.39 is 5.91 Å². The number of nitrogens with two attached hydrogens (primary N) is 1. The standard InChI is InChI=1S/C18H18N2O2S/c19-17(21)14-6-3-4-12(10-14)11-23-16-9-8-13-5-1-2-7-15(13)20-18(16)22/h1-7,10,16H,8-9,11H2,(H2,19,21)(H,20,22)/t16-/m1/s1. The Morgan fingerprint density at radius 1 is 1.22 bits per heavy atom. The van der Waals surface area contributed by atoms with Gasteiger partial charge < -0.3 is 11.1 Å². The summed E-state index contributed by atoms with van der Waals surface area (Å²) in [5, 5.41) is 2.91. The van der Waals surface area contributed by atoms with Gasteiger partial charge in [0.2, 0.25) is 11.8 Å². The van der Waals surface area contributed by atoms with E-state index in [2.05, 4.69) is 11.4 Å². The summed E-state index contributed by atoms with van der Waals surface area (Å²) in [5.74, 6) is 0.292. The molecule has 0 aliphatic carbocycles. The number of primary amides is 1. The Morgan fingerprint density at radius 2 is 2.04 bits per heavy atom. The van der Waals surface area contributed by atoms with Gasteiger partial charge in [-0.15, -0.1) is 11.8 Å². The Hall–Kier alpha value is -2.27. The van der Waals surface area contributed by atoms with Crippen LogP contribution in [-0.2, 0) is 17.0 Å². The van der Waals surface area contributed by atoms with Crippen LogP contribution in [0.3, 0.4) is 0 Å². The third-order valence-corrected chi connectivity index (χ3v) is 5.26. The van der Waals surface area contributed by atoms with E-state index in [0.717, 1.165) is 24.1 Å². The minimum atomic E-state index is -0.431. The zero-order valence-electron chi connectivity index (χ0n) is 12.6. The molecule has 0 bridgehead atoms.